The fourth-order valence-corrected chi connectivity index (χ4v) is 2.09. The lowest BCUT2D eigenvalue weighted by atomic mass is 10.2. The van der Waals surface area contributed by atoms with E-state index in [9.17, 15) is 9.59 Å². The van der Waals surface area contributed by atoms with E-state index in [1.807, 2.05) is 12.3 Å². The van der Waals surface area contributed by atoms with Crippen LogP contribution in [0.2, 0.25) is 0 Å². The number of thiazole rings is 1. The Balaban J connectivity index is 2.36. The highest BCUT2D eigenvalue weighted by Crippen LogP contribution is 2.18. The number of nitrogens with one attached hydrogen (secondary N) is 2. The Morgan fingerprint density at radius 3 is 2.83 bits per heavy atom. The summed E-state index contributed by atoms with van der Waals surface area (Å²) in [7, 11) is 0. The largest absolute Gasteiger partial charge is 0.465 e. The highest BCUT2D eigenvalue weighted by Gasteiger charge is 2.15. The lowest BCUT2D eigenvalue weighted by Gasteiger charge is -2.14. The standard InChI is InChI=1S/C11H17N3O3S/c1-3-8(10-12-5-6-18-10)14-11(16)13-7-9(15)17-4-2/h5-6,8H,3-4,7H2,1-2H3,(H2,13,14,16). The SMILES string of the molecule is CCOC(=O)CNC(=O)NC(CC)c1nccs1. The van der Waals surface area contributed by atoms with E-state index in [1.54, 1.807) is 13.1 Å². The minimum absolute atomic E-state index is 0.131. The molecule has 18 heavy (non-hydrogen) atoms. The van der Waals surface area contributed by atoms with Crippen molar-refractivity contribution in [2.45, 2.75) is 26.3 Å². The molecule has 2 N–H and O–H groups in total. The van der Waals surface area contributed by atoms with E-state index in [0.29, 0.717) is 6.61 Å². The maximum Gasteiger partial charge on any atom is 0.325 e. The molecule has 0 aromatic carbocycles. The molecule has 0 saturated carbocycles. The molecular weight excluding hydrogens is 254 g/mol. The third-order valence-corrected chi connectivity index (χ3v) is 3.05. The van der Waals surface area contributed by atoms with Crippen LogP contribution < -0.4 is 10.6 Å². The van der Waals surface area contributed by atoms with Gasteiger partial charge in [0.25, 0.3) is 0 Å². The van der Waals surface area contributed by atoms with Gasteiger partial charge in [0.15, 0.2) is 0 Å². The second kappa shape index (κ2) is 7.65. The van der Waals surface area contributed by atoms with Gasteiger partial charge < -0.3 is 15.4 Å². The summed E-state index contributed by atoms with van der Waals surface area (Å²) >= 11 is 1.48. The number of hydrogen-bond donors (Lipinski definition) is 2. The second-order valence-corrected chi connectivity index (χ2v) is 4.39. The molecule has 1 rings (SSSR count). The monoisotopic (exact) mass is 271 g/mol. The predicted octanol–water partition coefficient (Wildman–Crippen LogP) is 1.46. The molecule has 7 heteroatoms. The summed E-state index contributed by atoms with van der Waals surface area (Å²) in [5.74, 6) is -0.449. The van der Waals surface area contributed by atoms with Crippen molar-refractivity contribution >= 4 is 23.3 Å². The first-order valence-corrected chi connectivity index (χ1v) is 6.64. The van der Waals surface area contributed by atoms with Crippen molar-refractivity contribution in [3.8, 4) is 0 Å². The number of nitrogens with zero attached hydrogens (tertiary/aromatic N) is 1. The molecule has 6 nitrogen and oxygen atoms in total. The van der Waals surface area contributed by atoms with Crippen LogP contribution in [0.25, 0.3) is 0 Å². The molecule has 1 atom stereocenters. The molecule has 0 aliphatic heterocycles. The topological polar surface area (TPSA) is 80.3 Å². The third-order valence-electron chi connectivity index (χ3n) is 2.16. The Hall–Kier alpha value is -1.63. The molecular formula is C11H17N3O3S. The van der Waals surface area contributed by atoms with Crippen LogP contribution in [-0.2, 0) is 9.53 Å². The van der Waals surface area contributed by atoms with Gasteiger partial charge in [-0.1, -0.05) is 6.92 Å². The smallest absolute Gasteiger partial charge is 0.325 e. The molecule has 0 fully saturated rings. The predicted molar refractivity (Wildman–Crippen MR) is 68.3 cm³/mol. The van der Waals surface area contributed by atoms with E-state index in [-0.39, 0.29) is 12.6 Å². The van der Waals surface area contributed by atoms with Crippen molar-refractivity contribution in [1.82, 2.24) is 15.6 Å². The maximum atomic E-state index is 11.6. The Morgan fingerprint density at radius 1 is 1.50 bits per heavy atom. The molecule has 0 saturated heterocycles. The molecule has 100 valence electrons. The van der Waals surface area contributed by atoms with Crippen LogP contribution in [0.1, 0.15) is 31.3 Å². The molecule has 1 aromatic heterocycles. The van der Waals surface area contributed by atoms with Crippen molar-refractivity contribution in [3.63, 3.8) is 0 Å². The van der Waals surface area contributed by atoms with Crippen LogP contribution in [0.3, 0.4) is 0 Å². The number of urea groups is 1. The van der Waals surface area contributed by atoms with Gasteiger partial charge in [0.1, 0.15) is 11.6 Å². The van der Waals surface area contributed by atoms with Crippen LogP contribution in [0, 0.1) is 0 Å². The van der Waals surface area contributed by atoms with Crippen molar-refractivity contribution in [1.29, 1.82) is 0 Å². The van der Waals surface area contributed by atoms with Crippen molar-refractivity contribution < 1.29 is 14.3 Å². The summed E-state index contributed by atoms with van der Waals surface area (Å²) in [6.45, 7) is 3.85. The number of esters is 1. The van der Waals surface area contributed by atoms with Crippen LogP contribution in [0.15, 0.2) is 11.6 Å². The van der Waals surface area contributed by atoms with Crippen LogP contribution in [0.4, 0.5) is 4.79 Å². The Labute approximate surface area is 110 Å². The van der Waals surface area contributed by atoms with E-state index in [1.165, 1.54) is 11.3 Å². The van der Waals surface area contributed by atoms with Gasteiger partial charge in [0.2, 0.25) is 0 Å². The molecule has 1 unspecified atom stereocenters. The van der Waals surface area contributed by atoms with E-state index < -0.39 is 12.0 Å². The zero-order chi connectivity index (χ0) is 13.4. The van der Waals surface area contributed by atoms with E-state index in [2.05, 4.69) is 15.6 Å². The highest BCUT2D eigenvalue weighted by atomic mass is 32.1. The van der Waals surface area contributed by atoms with Crippen LogP contribution >= 0.6 is 11.3 Å². The Kier molecular flexibility index (Phi) is 6.13. The molecule has 0 radical (unpaired) electrons. The summed E-state index contributed by atoms with van der Waals surface area (Å²) in [5, 5.41) is 7.91. The minimum atomic E-state index is -0.449. The molecule has 0 spiro atoms. The Bertz CT molecular complexity index is 381. The van der Waals surface area contributed by atoms with Crippen LogP contribution in [0.5, 0.6) is 0 Å². The van der Waals surface area contributed by atoms with Gasteiger partial charge in [-0.2, -0.15) is 0 Å². The quantitative estimate of drug-likeness (QED) is 0.767. The first-order valence-electron chi connectivity index (χ1n) is 5.76. The summed E-state index contributed by atoms with van der Waals surface area (Å²) in [4.78, 5) is 26.8. The Morgan fingerprint density at radius 2 is 2.28 bits per heavy atom. The van der Waals surface area contributed by atoms with Gasteiger partial charge >= 0.3 is 12.0 Å². The van der Waals surface area contributed by atoms with Gasteiger partial charge in [0, 0.05) is 11.6 Å². The fraction of sp³-hybridized carbons (Fsp3) is 0.545. The molecule has 2 amide bonds. The average molecular weight is 271 g/mol. The van der Waals surface area contributed by atoms with Gasteiger partial charge in [-0.05, 0) is 13.3 Å². The first kappa shape index (κ1) is 14.4. The lowest BCUT2D eigenvalue weighted by Crippen LogP contribution is -2.40. The fourth-order valence-electron chi connectivity index (χ4n) is 1.32. The van der Waals surface area contributed by atoms with Gasteiger partial charge in [-0.3, -0.25) is 4.79 Å². The first-order chi connectivity index (χ1) is 8.67. The van der Waals surface area contributed by atoms with Crippen LogP contribution in [-0.4, -0.2) is 30.1 Å². The number of carbonyl (C=O) groups excluding carboxylic acids is 2. The third kappa shape index (κ3) is 4.70. The van der Waals surface area contributed by atoms with Gasteiger partial charge in [-0.15, -0.1) is 11.3 Å². The number of rotatable bonds is 6. The molecule has 0 aliphatic carbocycles. The molecule has 1 heterocycles. The second-order valence-electron chi connectivity index (χ2n) is 3.46. The number of aromatic nitrogens is 1. The number of hydrogen-bond acceptors (Lipinski definition) is 5. The molecule has 0 aliphatic rings. The maximum absolute atomic E-state index is 11.6. The van der Waals surface area contributed by atoms with Gasteiger partial charge in [0.05, 0.1) is 12.6 Å². The zero-order valence-electron chi connectivity index (χ0n) is 10.4. The van der Waals surface area contributed by atoms with Gasteiger partial charge in [-0.25, -0.2) is 9.78 Å². The lowest BCUT2D eigenvalue weighted by molar-refractivity contribution is -0.141. The highest BCUT2D eigenvalue weighted by molar-refractivity contribution is 7.09. The summed E-state index contributed by atoms with van der Waals surface area (Å²) in [6.07, 6.45) is 2.43. The normalized spacial score (nSPS) is 11.7. The van der Waals surface area contributed by atoms with E-state index in [4.69, 9.17) is 4.74 Å². The van der Waals surface area contributed by atoms with Crippen molar-refractivity contribution in [2.24, 2.45) is 0 Å². The number of carbonyl (C=O) groups is 2. The number of ether oxygens (including phenoxy) is 1. The number of amides is 2. The average Bonchev–Trinajstić information content (AvgIpc) is 2.87. The van der Waals surface area contributed by atoms with Crippen molar-refractivity contribution in [2.75, 3.05) is 13.2 Å². The zero-order valence-corrected chi connectivity index (χ0v) is 11.3. The van der Waals surface area contributed by atoms with E-state index in [0.717, 1.165) is 11.4 Å². The summed E-state index contributed by atoms with van der Waals surface area (Å²) in [6, 6.07) is -0.530. The van der Waals surface area contributed by atoms with E-state index >= 15 is 0 Å². The van der Waals surface area contributed by atoms with Crippen molar-refractivity contribution in [3.05, 3.63) is 16.6 Å². The summed E-state index contributed by atoms with van der Waals surface area (Å²) < 4.78 is 4.70. The minimum Gasteiger partial charge on any atom is -0.465 e. The molecule has 0 bridgehead atoms. The molecule has 1 aromatic rings. The summed E-state index contributed by atoms with van der Waals surface area (Å²) in [5.41, 5.74) is 0.